The zero-order valence-electron chi connectivity index (χ0n) is 8.60. The topological polar surface area (TPSA) is 13.1 Å². The van der Waals surface area contributed by atoms with Crippen LogP contribution in [0.25, 0.3) is 0 Å². The molecule has 0 radical (unpaired) electrons. The maximum absolute atomic E-state index is 5.69. The fraction of sp³-hybridized carbons (Fsp3) is 0.500. The summed E-state index contributed by atoms with van der Waals surface area (Å²) in [5.41, 5.74) is 1.28. The number of rotatable bonds is 5. The van der Waals surface area contributed by atoms with Gasteiger partial charge in [-0.1, -0.05) is 19.4 Å². The lowest BCUT2D eigenvalue weighted by Crippen LogP contribution is -1.83. The Hall–Kier alpha value is -0.980. The van der Waals surface area contributed by atoms with E-state index in [2.05, 4.69) is 26.5 Å². The molecule has 0 saturated heterocycles. The molecular weight excluding hydrogens is 160 g/mol. The third-order valence-electron chi connectivity index (χ3n) is 2.17. The smallest absolute Gasteiger partial charge is 0.108 e. The molecule has 0 aliphatic rings. The highest BCUT2D eigenvalue weighted by molar-refractivity contribution is 5.21. The zero-order chi connectivity index (χ0) is 9.68. The number of hydrogen-bond acceptors (Lipinski definition) is 1. The molecule has 1 nitrogen and oxygen atoms in total. The first kappa shape index (κ1) is 10.1. The van der Waals surface area contributed by atoms with Crippen LogP contribution in [-0.4, -0.2) is 0 Å². The van der Waals surface area contributed by atoms with E-state index in [0.29, 0.717) is 0 Å². The number of unbranched alkanes of at least 4 members (excludes halogenated alkanes) is 1. The Labute approximate surface area is 80.5 Å². The molecule has 1 aromatic heterocycles. The molecular formula is C12H18O. The van der Waals surface area contributed by atoms with E-state index in [1.165, 1.54) is 18.4 Å². The molecule has 0 amide bonds. The van der Waals surface area contributed by atoms with Gasteiger partial charge in [0.05, 0.1) is 0 Å². The van der Waals surface area contributed by atoms with Crippen molar-refractivity contribution >= 4 is 0 Å². The number of allylic oxidation sites excluding steroid dienone is 1. The molecule has 1 heteroatoms. The van der Waals surface area contributed by atoms with Crippen LogP contribution in [0.15, 0.2) is 23.1 Å². The SMILES string of the molecule is C=CCc1cc(C)c(CCCC)o1. The van der Waals surface area contributed by atoms with E-state index in [-0.39, 0.29) is 0 Å². The maximum Gasteiger partial charge on any atom is 0.108 e. The van der Waals surface area contributed by atoms with Crippen molar-refractivity contribution in [1.82, 2.24) is 0 Å². The van der Waals surface area contributed by atoms with Gasteiger partial charge in [-0.15, -0.1) is 6.58 Å². The van der Waals surface area contributed by atoms with Gasteiger partial charge in [0.15, 0.2) is 0 Å². The summed E-state index contributed by atoms with van der Waals surface area (Å²) >= 11 is 0. The molecule has 13 heavy (non-hydrogen) atoms. The minimum Gasteiger partial charge on any atom is -0.465 e. The van der Waals surface area contributed by atoms with Gasteiger partial charge in [0.1, 0.15) is 11.5 Å². The summed E-state index contributed by atoms with van der Waals surface area (Å²) in [6, 6.07) is 2.12. The molecule has 0 aromatic carbocycles. The summed E-state index contributed by atoms with van der Waals surface area (Å²) in [5, 5.41) is 0. The summed E-state index contributed by atoms with van der Waals surface area (Å²) in [7, 11) is 0. The minimum absolute atomic E-state index is 0.840. The van der Waals surface area contributed by atoms with Crippen molar-refractivity contribution in [3.05, 3.63) is 35.8 Å². The molecule has 0 atom stereocenters. The quantitative estimate of drug-likeness (QED) is 0.627. The highest BCUT2D eigenvalue weighted by Gasteiger charge is 2.05. The predicted molar refractivity (Wildman–Crippen MR) is 56.0 cm³/mol. The standard InChI is InChI=1S/C12H18O/c1-4-6-8-12-10(3)9-11(13-12)7-5-2/h5,9H,2,4,6-8H2,1,3H3. The van der Waals surface area contributed by atoms with Gasteiger partial charge in [-0.25, -0.2) is 0 Å². The second-order valence-corrected chi connectivity index (χ2v) is 3.42. The average molecular weight is 178 g/mol. The second-order valence-electron chi connectivity index (χ2n) is 3.42. The van der Waals surface area contributed by atoms with E-state index in [9.17, 15) is 0 Å². The summed E-state index contributed by atoms with van der Waals surface area (Å²) in [6.07, 6.45) is 6.22. The maximum atomic E-state index is 5.69. The van der Waals surface area contributed by atoms with E-state index in [1.807, 2.05) is 6.08 Å². The van der Waals surface area contributed by atoms with Crippen molar-refractivity contribution in [3.63, 3.8) is 0 Å². The molecule has 0 spiro atoms. The van der Waals surface area contributed by atoms with Crippen molar-refractivity contribution in [1.29, 1.82) is 0 Å². The van der Waals surface area contributed by atoms with Crippen LogP contribution in [0.2, 0.25) is 0 Å². The van der Waals surface area contributed by atoms with E-state index in [1.54, 1.807) is 0 Å². The summed E-state index contributed by atoms with van der Waals surface area (Å²) in [4.78, 5) is 0. The van der Waals surface area contributed by atoms with Crippen molar-refractivity contribution < 1.29 is 4.42 Å². The predicted octanol–water partition coefficient (Wildman–Crippen LogP) is 3.66. The molecule has 0 bridgehead atoms. The molecule has 0 fully saturated rings. The first-order valence-electron chi connectivity index (χ1n) is 4.97. The fourth-order valence-electron chi connectivity index (χ4n) is 1.42. The van der Waals surface area contributed by atoms with Crippen LogP contribution in [0, 0.1) is 6.92 Å². The van der Waals surface area contributed by atoms with Crippen molar-refractivity contribution in [3.8, 4) is 0 Å². The van der Waals surface area contributed by atoms with Gasteiger partial charge in [-0.2, -0.15) is 0 Å². The normalized spacial score (nSPS) is 10.3. The Morgan fingerprint density at radius 2 is 2.31 bits per heavy atom. The second kappa shape index (κ2) is 4.90. The molecule has 0 aliphatic carbocycles. The number of furan rings is 1. The Bertz CT molecular complexity index is 271. The zero-order valence-corrected chi connectivity index (χ0v) is 8.60. The lowest BCUT2D eigenvalue weighted by molar-refractivity contribution is 0.466. The van der Waals surface area contributed by atoms with Gasteiger partial charge in [-0.05, 0) is 25.0 Å². The van der Waals surface area contributed by atoms with Gasteiger partial charge in [0.2, 0.25) is 0 Å². The summed E-state index contributed by atoms with van der Waals surface area (Å²) in [6.45, 7) is 8.01. The van der Waals surface area contributed by atoms with Crippen LogP contribution in [0.4, 0.5) is 0 Å². The van der Waals surface area contributed by atoms with Crippen LogP contribution in [0.5, 0.6) is 0 Å². The van der Waals surface area contributed by atoms with Gasteiger partial charge < -0.3 is 4.42 Å². The lowest BCUT2D eigenvalue weighted by atomic mass is 10.1. The molecule has 1 rings (SSSR count). The summed E-state index contributed by atoms with van der Waals surface area (Å²) < 4.78 is 5.69. The minimum atomic E-state index is 0.840. The molecule has 0 unspecified atom stereocenters. The van der Waals surface area contributed by atoms with Crippen LogP contribution in [-0.2, 0) is 12.8 Å². The van der Waals surface area contributed by atoms with E-state index >= 15 is 0 Å². The van der Waals surface area contributed by atoms with Crippen LogP contribution in [0.1, 0.15) is 36.8 Å². The summed E-state index contributed by atoms with van der Waals surface area (Å²) in [5.74, 6) is 2.19. The molecule has 0 aliphatic heterocycles. The lowest BCUT2D eigenvalue weighted by Gasteiger charge is -1.95. The monoisotopic (exact) mass is 178 g/mol. The highest BCUT2D eigenvalue weighted by Crippen LogP contribution is 2.17. The average Bonchev–Trinajstić information content (AvgIpc) is 2.44. The molecule has 72 valence electrons. The van der Waals surface area contributed by atoms with Crippen molar-refractivity contribution in [2.75, 3.05) is 0 Å². The first-order valence-corrected chi connectivity index (χ1v) is 4.97. The third kappa shape index (κ3) is 2.76. The number of hydrogen-bond donors (Lipinski definition) is 0. The Kier molecular flexibility index (Phi) is 3.81. The van der Waals surface area contributed by atoms with Crippen molar-refractivity contribution in [2.45, 2.75) is 39.5 Å². The van der Waals surface area contributed by atoms with Crippen LogP contribution >= 0.6 is 0 Å². The first-order chi connectivity index (χ1) is 6.27. The largest absolute Gasteiger partial charge is 0.465 e. The Morgan fingerprint density at radius 3 is 2.92 bits per heavy atom. The molecule has 1 heterocycles. The van der Waals surface area contributed by atoms with Gasteiger partial charge in [-0.3, -0.25) is 0 Å². The Balaban J connectivity index is 2.65. The molecule has 0 N–H and O–H groups in total. The molecule has 0 saturated carbocycles. The van der Waals surface area contributed by atoms with E-state index < -0.39 is 0 Å². The fourth-order valence-corrected chi connectivity index (χ4v) is 1.42. The van der Waals surface area contributed by atoms with Gasteiger partial charge in [0, 0.05) is 12.8 Å². The number of aryl methyl sites for hydroxylation is 2. The van der Waals surface area contributed by atoms with Crippen molar-refractivity contribution in [2.24, 2.45) is 0 Å². The Morgan fingerprint density at radius 1 is 1.54 bits per heavy atom. The van der Waals surface area contributed by atoms with E-state index in [4.69, 9.17) is 4.42 Å². The molecule has 1 aromatic rings. The van der Waals surface area contributed by atoms with E-state index in [0.717, 1.165) is 24.4 Å². The van der Waals surface area contributed by atoms with Crippen LogP contribution in [0.3, 0.4) is 0 Å². The third-order valence-corrected chi connectivity index (χ3v) is 2.17. The van der Waals surface area contributed by atoms with Gasteiger partial charge in [0.25, 0.3) is 0 Å². The van der Waals surface area contributed by atoms with Gasteiger partial charge >= 0.3 is 0 Å². The van der Waals surface area contributed by atoms with Crippen LogP contribution < -0.4 is 0 Å². The highest BCUT2D eigenvalue weighted by atomic mass is 16.3.